The number of hydrogen-bond donors (Lipinski definition) is 1. The van der Waals surface area contributed by atoms with E-state index >= 15 is 0 Å². The second kappa shape index (κ2) is 12.0. The van der Waals surface area contributed by atoms with Gasteiger partial charge in [-0.2, -0.15) is 0 Å². The van der Waals surface area contributed by atoms with Crippen LogP contribution >= 0.6 is 11.8 Å². The molecule has 4 aromatic rings. The molecule has 1 aliphatic rings. The number of benzene rings is 3. The number of aromatic nitrogens is 1. The molecule has 0 saturated carbocycles. The number of rotatable bonds is 9. The summed E-state index contributed by atoms with van der Waals surface area (Å²) in [5.74, 6) is 0.00875. The molecule has 7 nitrogen and oxygen atoms in total. The first-order valence-corrected chi connectivity index (χ1v) is 14.1. The van der Waals surface area contributed by atoms with Gasteiger partial charge in [0.2, 0.25) is 5.91 Å². The Morgan fingerprint density at radius 3 is 2.59 bits per heavy atom. The zero-order valence-corrected chi connectivity index (χ0v) is 23.8. The molecule has 210 valence electrons. The van der Waals surface area contributed by atoms with Gasteiger partial charge in [0.05, 0.1) is 11.4 Å². The Bertz CT molecular complexity index is 1660. The summed E-state index contributed by atoms with van der Waals surface area (Å²) in [5.41, 5.74) is 4.17. The van der Waals surface area contributed by atoms with Crippen LogP contribution in [0.15, 0.2) is 77.8 Å². The molecule has 0 unspecified atom stereocenters. The molecular weight excluding hydrogens is 541 g/mol. The number of aryl methyl sites for hydroxylation is 1. The normalized spacial score (nSPS) is 14.5. The van der Waals surface area contributed by atoms with E-state index in [0.29, 0.717) is 10.6 Å². The summed E-state index contributed by atoms with van der Waals surface area (Å²) in [6.07, 6.45) is 3.48. The van der Waals surface area contributed by atoms with Crippen molar-refractivity contribution in [3.63, 3.8) is 0 Å². The van der Waals surface area contributed by atoms with Crippen molar-refractivity contribution in [1.82, 2.24) is 9.47 Å². The largest absolute Gasteiger partial charge is 0.491 e. The Morgan fingerprint density at radius 2 is 1.83 bits per heavy atom. The number of nitrogens with one attached hydrogen (secondary N) is 1. The number of ether oxygens (including phenoxy) is 1. The highest BCUT2D eigenvalue weighted by Gasteiger charge is 2.35. The molecule has 1 aliphatic heterocycles. The van der Waals surface area contributed by atoms with E-state index in [1.807, 2.05) is 49.4 Å². The van der Waals surface area contributed by atoms with E-state index < -0.39 is 0 Å². The maximum atomic E-state index is 13.2. The lowest BCUT2D eigenvalue weighted by Crippen LogP contribution is -2.32. The van der Waals surface area contributed by atoms with Gasteiger partial charge in [-0.3, -0.25) is 19.3 Å². The molecule has 0 atom stereocenters. The molecular formula is C32H30FN3O4S. The number of thioether (sulfide) groups is 1. The van der Waals surface area contributed by atoms with Gasteiger partial charge in [0.25, 0.3) is 11.1 Å². The second-order valence-corrected chi connectivity index (χ2v) is 11.2. The van der Waals surface area contributed by atoms with Gasteiger partial charge in [-0.1, -0.05) is 44.2 Å². The van der Waals surface area contributed by atoms with Crippen molar-refractivity contribution in [2.45, 2.75) is 33.2 Å². The topological polar surface area (TPSA) is 80.6 Å². The number of hydrogen-bond acceptors (Lipinski definition) is 5. The molecule has 0 bridgehead atoms. The zero-order chi connectivity index (χ0) is 29.1. The molecule has 1 saturated heterocycles. The third-order valence-electron chi connectivity index (χ3n) is 6.79. The van der Waals surface area contributed by atoms with Crippen LogP contribution in [0.4, 0.5) is 14.9 Å². The predicted molar refractivity (Wildman–Crippen MR) is 160 cm³/mol. The van der Waals surface area contributed by atoms with Crippen molar-refractivity contribution in [1.29, 1.82) is 0 Å². The van der Waals surface area contributed by atoms with E-state index in [9.17, 15) is 18.8 Å². The van der Waals surface area contributed by atoms with Gasteiger partial charge >= 0.3 is 0 Å². The lowest BCUT2D eigenvalue weighted by Gasteiger charge is -2.17. The highest BCUT2D eigenvalue weighted by Crippen LogP contribution is 2.34. The van der Waals surface area contributed by atoms with Gasteiger partial charge in [0.1, 0.15) is 24.7 Å². The average molecular weight is 572 g/mol. The number of anilines is 1. The van der Waals surface area contributed by atoms with Crippen molar-refractivity contribution in [3.8, 4) is 5.75 Å². The molecule has 5 rings (SSSR count). The van der Waals surface area contributed by atoms with Crippen molar-refractivity contribution < 1.29 is 23.5 Å². The summed E-state index contributed by atoms with van der Waals surface area (Å²) >= 11 is 0.892. The van der Waals surface area contributed by atoms with Crippen LogP contribution in [0.5, 0.6) is 5.75 Å². The lowest BCUT2D eigenvalue weighted by molar-refractivity contribution is -0.123. The monoisotopic (exact) mass is 571 g/mol. The average Bonchev–Trinajstić information content (AvgIpc) is 3.41. The third-order valence-corrected chi connectivity index (χ3v) is 7.69. The zero-order valence-electron chi connectivity index (χ0n) is 23.0. The molecule has 0 aliphatic carbocycles. The molecule has 2 heterocycles. The van der Waals surface area contributed by atoms with E-state index in [0.717, 1.165) is 45.1 Å². The van der Waals surface area contributed by atoms with Crippen LogP contribution in [0.25, 0.3) is 17.0 Å². The third kappa shape index (κ3) is 6.36. The Morgan fingerprint density at radius 1 is 1.07 bits per heavy atom. The fraction of sp³-hybridized carbons (Fsp3) is 0.219. The molecule has 1 N–H and O–H groups in total. The quantitative estimate of drug-likeness (QED) is 0.220. The maximum absolute atomic E-state index is 13.2. The number of para-hydroxylation sites is 1. The minimum absolute atomic E-state index is 0.0157. The minimum atomic E-state index is -0.382. The van der Waals surface area contributed by atoms with Gasteiger partial charge in [0.15, 0.2) is 0 Å². The first kappa shape index (κ1) is 28.2. The predicted octanol–water partition coefficient (Wildman–Crippen LogP) is 6.97. The molecule has 41 heavy (non-hydrogen) atoms. The Balaban J connectivity index is 1.30. The first-order valence-electron chi connectivity index (χ1n) is 13.3. The molecule has 3 aromatic carbocycles. The number of halogens is 1. The first-order chi connectivity index (χ1) is 19.7. The molecule has 1 fully saturated rings. The van der Waals surface area contributed by atoms with Gasteiger partial charge in [-0.25, -0.2) is 4.39 Å². The van der Waals surface area contributed by atoms with Crippen LogP contribution < -0.4 is 10.1 Å². The maximum Gasteiger partial charge on any atom is 0.293 e. The Kier molecular flexibility index (Phi) is 8.26. The van der Waals surface area contributed by atoms with Crippen LogP contribution in [0.3, 0.4) is 0 Å². The van der Waals surface area contributed by atoms with E-state index in [2.05, 4.69) is 19.2 Å². The van der Waals surface area contributed by atoms with Crippen molar-refractivity contribution in [3.05, 3.63) is 100 Å². The summed E-state index contributed by atoms with van der Waals surface area (Å²) in [6.45, 7) is 6.52. The molecule has 1 aromatic heterocycles. The molecule has 9 heteroatoms. The van der Waals surface area contributed by atoms with Gasteiger partial charge in [-0.15, -0.1) is 0 Å². The Labute approximate surface area is 242 Å². The number of fused-ring (bicyclic) bond motifs is 1. The summed E-state index contributed by atoms with van der Waals surface area (Å²) in [5, 5.41) is 3.26. The molecule has 0 spiro atoms. The minimum Gasteiger partial charge on any atom is -0.491 e. The van der Waals surface area contributed by atoms with E-state index in [1.54, 1.807) is 16.8 Å². The summed E-state index contributed by atoms with van der Waals surface area (Å²) < 4.78 is 21.0. The van der Waals surface area contributed by atoms with Crippen LogP contribution in [0.2, 0.25) is 0 Å². The van der Waals surface area contributed by atoms with Crippen LogP contribution in [-0.4, -0.2) is 39.7 Å². The van der Waals surface area contributed by atoms with Gasteiger partial charge in [0, 0.05) is 28.4 Å². The number of nitrogens with zero attached hydrogens (tertiary/aromatic N) is 2. The fourth-order valence-corrected chi connectivity index (χ4v) is 5.59. The fourth-order valence-electron chi connectivity index (χ4n) is 4.73. The van der Waals surface area contributed by atoms with Crippen molar-refractivity contribution in [2.24, 2.45) is 0 Å². The van der Waals surface area contributed by atoms with Gasteiger partial charge < -0.3 is 14.6 Å². The number of imide groups is 1. The van der Waals surface area contributed by atoms with E-state index in [1.165, 1.54) is 29.2 Å². The smallest absolute Gasteiger partial charge is 0.293 e. The van der Waals surface area contributed by atoms with E-state index in [-0.39, 0.29) is 48.5 Å². The van der Waals surface area contributed by atoms with Crippen LogP contribution in [0.1, 0.15) is 36.5 Å². The van der Waals surface area contributed by atoms with E-state index in [4.69, 9.17) is 4.74 Å². The summed E-state index contributed by atoms with van der Waals surface area (Å²) in [4.78, 5) is 40.2. The lowest BCUT2D eigenvalue weighted by atomic mass is 10.0. The molecule has 3 amide bonds. The Hall–Kier alpha value is -4.37. The van der Waals surface area contributed by atoms with Gasteiger partial charge in [-0.05, 0) is 78.2 Å². The number of amides is 3. The second-order valence-electron chi connectivity index (χ2n) is 10.2. The number of carbonyl (C=O) groups excluding carboxylic acids is 3. The standard InChI is InChI=1S/C32H30FN3O4S/c1-20(2)25-13-8-21(3)16-28(25)40-15-14-36-31(38)29(41-32(36)39)17-22-18-35(27-7-5-4-6-26(22)27)19-30(37)34-24-11-9-23(33)10-12-24/h4-13,16-18,20H,14-15,19H2,1-3H3,(H,34,37)/b29-17-. The molecule has 0 radical (unpaired) electrons. The highest BCUT2D eigenvalue weighted by atomic mass is 32.2. The summed E-state index contributed by atoms with van der Waals surface area (Å²) in [6, 6.07) is 19.1. The number of carbonyl (C=O) groups is 3. The van der Waals surface area contributed by atoms with Crippen molar-refractivity contribution in [2.75, 3.05) is 18.5 Å². The highest BCUT2D eigenvalue weighted by molar-refractivity contribution is 8.18. The van der Waals surface area contributed by atoms with Crippen molar-refractivity contribution >= 4 is 51.5 Å². The van der Waals surface area contributed by atoms with Crippen LogP contribution in [0, 0.1) is 12.7 Å². The SMILES string of the molecule is Cc1ccc(C(C)C)c(OCCN2C(=O)S/C(=C\c3cn(CC(=O)Nc4ccc(F)cc4)c4ccccc34)C2=O)c1. The van der Waals surface area contributed by atoms with Crippen LogP contribution in [-0.2, 0) is 16.1 Å². The summed E-state index contributed by atoms with van der Waals surface area (Å²) in [7, 11) is 0.